The van der Waals surface area contributed by atoms with Gasteiger partial charge in [-0.1, -0.05) is 29.8 Å². The molecule has 1 amide bonds. The molecule has 0 saturated carbocycles. The Hall–Kier alpha value is -4.09. The van der Waals surface area contributed by atoms with Gasteiger partial charge in [-0.25, -0.2) is 8.78 Å². The van der Waals surface area contributed by atoms with Gasteiger partial charge in [-0.05, 0) is 42.8 Å². The lowest BCUT2D eigenvalue weighted by atomic mass is 10.0. The van der Waals surface area contributed by atoms with E-state index in [2.05, 4.69) is 5.32 Å². The number of carbonyl (C=O) groups is 1. The van der Waals surface area contributed by atoms with Crippen molar-refractivity contribution in [2.24, 2.45) is 0 Å². The number of allylic oxidation sites excluding steroid dienone is 1. The number of aliphatic hydroxyl groups is 1. The maximum atomic E-state index is 15.0. The number of nitriles is 1. The molecule has 0 atom stereocenters. The molecule has 174 valence electrons. The maximum Gasteiger partial charge on any atom is 0.269 e. The summed E-state index contributed by atoms with van der Waals surface area (Å²) >= 11 is 6.08. The first-order valence-corrected chi connectivity index (χ1v) is 10.3. The second kappa shape index (κ2) is 10.7. The lowest BCUT2D eigenvalue weighted by molar-refractivity contribution is -0.112. The Bertz CT molecular complexity index is 1290. The molecule has 3 aromatic carbocycles. The van der Waals surface area contributed by atoms with Crippen LogP contribution in [0, 0.1) is 23.0 Å². The van der Waals surface area contributed by atoms with Crippen LogP contribution < -0.4 is 14.8 Å². The van der Waals surface area contributed by atoms with Crippen LogP contribution in [0.2, 0.25) is 5.02 Å². The highest BCUT2D eigenvalue weighted by molar-refractivity contribution is 6.31. The lowest BCUT2D eigenvalue weighted by Gasteiger charge is -2.16. The monoisotopic (exact) mass is 484 g/mol. The zero-order chi connectivity index (χ0) is 24.8. The number of nitrogens with zero attached hydrogens (tertiary/aromatic N) is 1. The predicted octanol–water partition coefficient (Wildman–Crippen LogP) is 6.17. The van der Waals surface area contributed by atoms with Gasteiger partial charge in [0.1, 0.15) is 41.6 Å². The van der Waals surface area contributed by atoms with Crippen molar-refractivity contribution >= 4 is 23.2 Å². The number of hydrogen-bond acceptors (Lipinski definition) is 5. The summed E-state index contributed by atoms with van der Waals surface area (Å²) in [5, 5.41) is 21.0. The van der Waals surface area contributed by atoms with Crippen molar-refractivity contribution in [3.8, 4) is 28.7 Å². The molecule has 0 aromatic heterocycles. The number of anilines is 1. The molecule has 0 aliphatic carbocycles. The summed E-state index contributed by atoms with van der Waals surface area (Å²) in [5.74, 6) is -2.30. The van der Waals surface area contributed by atoms with Gasteiger partial charge >= 0.3 is 0 Å². The van der Waals surface area contributed by atoms with Crippen molar-refractivity contribution in [2.75, 3.05) is 12.4 Å². The summed E-state index contributed by atoms with van der Waals surface area (Å²) < 4.78 is 40.3. The number of aliphatic hydroxyl groups excluding tert-OH is 1. The van der Waals surface area contributed by atoms with Crippen molar-refractivity contribution in [1.82, 2.24) is 0 Å². The van der Waals surface area contributed by atoms with E-state index in [4.69, 9.17) is 26.3 Å². The molecule has 0 unspecified atom stereocenters. The molecule has 6 nitrogen and oxygen atoms in total. The minimum atomic E-state index is -1.00. The van der Waals surface area contributed by atoms with E-state index < -0.39 is 28.9 Å². The first kappa shape index (κ1) is 24.6. The zero-order valence-electron chi connectivity index (χ0n) is 18.2. The van der Waals surface area contributed by atoms with Crippen LogP contribution >= 0.6 is 11.6 Å². The van der Waals surface area contributed by atoms with E-state index in [1.54, 1.807) is 30.3 Å². The second-order valence-electron chi connectivity index (χ2n) is 7.08. The van der Waals surface area contributed by atoms with E-state index in [-0.39, 0.29) is 28.6 Å². The number of benzene rings is 3. The molecule has 9 heteroatoms. The molecule has 0 aliphatic rings. The number of ether oxygens (including phenoxy) is 2. The molecular formula is C25H19ClF2N2O4. The standard InChI is InChI=1S/C25H19ClF2N2O4/c1-14(31)18(12-29)25(32)30-23-11-24(34-13-19-20(26)7-4-8-21(19)27)17(10-22(23)28)15-5-3-6-16(9-15)33-2/h3-11,31H,13H2,1-2H3,(H,30,32)/b18-14-. The summed E-state index contributed by atoms with van der Waals surface area (Å²) in [5.41, 5.74) is 0.0595. The SMILES string of the molecule is COc1cccc(-c2cc(F)c(NC(=O)/C(C#N)=C(/C)O)cc2OCc2c(F)cccc2Cl)c1. The van der Waals surface area contributed by atoms with Crippen LogP contribution in [0.1, 0.15) is 12.5 Å². The number of amides is 1. The number of hydrogen-bond donors (Lipinski definition) is 2. The topological polar surface area (TPSA) is 91.6 Å². The predicted molar refractivity (Wildman–Crippen MR) is 124 cm³/mol. The van der Waals surface area contributed by atoms with Gasteiger partial charge in [0.05, 0.1) is 17.8 Å². The van der Waals surface area contributed by atoms with Gasteiger partial charge in [-0.15, -0.1) is 0 Å². The van der Waals surface area contributed by atoms with Gasteiger partial charge in [0.25, 0.3) is 5.91 Å². The summed E-state index contributed by atoms with van der Waals surface area (Å²) in [7, 11) is 1.49. The molecular weight excluding hydrogens is 466 g/mol. The van der Waals surface area contributed by atoms with E-state index in [0.29, 0.717) is 16.9 Å². The van der Waals surface area contributed by atoms with Gasteiger partial charge in [0.2, 0.25) is 0 Å². The fourth-order valence-corrected chi connectivity index (χ4v) is 3.30. The molecule has 34 heavy (non-hydrogen) atoms. The van der Waals surface area contributed by atoms with Gasteiger partial charge in [0.15, 0.2) is 5.57 Å². The highest BCUT2D eigenvalue weighted by Crippen LogP contribution is 2.37. The van der Waals surface area contributed by atoms with Crippen molar-refractivity contribution in [2.45, 2.75) is 13.5 Å². The summed E-state index contributed by atoms with van der Waals surface area (Å²) in [6, 6.07) is 14.9. The highest BCUT2D eigenvalue weighted by Gasteiger charge is 2.19. The molecule has 0 saturated heterocycles. The minimum Gasteiger partial charge on any atom is -0.511 e. The fourth-order valence-electron chi connectivity index (χ4n) is 3.09. The number of nitrogens with one attached hydrogen (secondary N) is 1. The fraction of sp³-hybridized carbons (Fsp3) is 0.120. The molecule has 0 heterocycles. The molecule has 2 N–H and O–H groups in total. The zero-order valence-corrected chi connectivity index (χ0v) is 18.9. The van der Waals surface area contributed by atoms with E-state index >= 15 is 0 Å². The van der Waals surface area contributed by atoms with E-state index in [0.717, 1.165) is 13.0 Å². The molecule has 0 spiro atoms. The average Bonchev–Trinajstić information content (AvgIpc) is 2.80. The Balaban J connectivity index is 2.06. The Morgan fingerprint density at radius 2 is 1.88 bits per heavy atom. The van der Waals surface area contributed by atoms with E-state index in [1.807, 2.05) is 0 Å². The van der Waals surface area contributed by atoms with E-state index in [1.165, 1.54) is 31.4 Å². The number of rotatable bonds is 7. The summed E-state index contributed by atoms with van der Waals surface area (Å²) in [6.45, 7) is 0.883. The Labute approximate surface area is 199 Å². The maximum absolute atomic E-state index is 15.0. The van der Waals surface area contributed by atoms with Gasteiger partial charge in [0, 0.05) is 17.2 Å². The molecule has 0 aliphatic heterocycles. The largest absolute Gasteiger partial charge is 0.511 e. The van der Waals surface area contributed by atoms with Crippen LogP contribution in [0.3, 0.4) is 0 Å². The van der Waals surface area contributed by atoms with Gasteiger partial charge < -0.3 is 19.9 Å². The quantitative estimate of drug-likeness (QED) is 0.238. The van der Waals surface area contributed by atoms with Crippen LogP contribution in [0.5, 0.6) is 11.5 Å². The van der Waals surface area contributed by atoms with Gasteiger partial charge in [-0.2, -0.15) is 5.26 Å². The van der Waals surface area contributed by atoms with Crippen molar-refractivity contribution in [1.29, 1.82) is 5.26 Å². The Morgan fingerprint density at radius 3 is 2.53 bits per heavy atom. The number of halogens is 3. The molecule has 3 rings (SSSR count). The number of methoxy groups -OCH3 is 1. The molecule has 3 aromatic rings. The minimum absolute atomic E-state index is 0.0984. The Morgan fingerprint density at radius 1 is 1.15 bits per heavy atom. The Kier molecular flexibility index (Phi) is 7.71. The highest BCUT2D eigenvalue weighted by atomic mass is 35.5. The second-order valence-corrected chi connectivity index (χ2v) is 7.48. The first-order valence-electron chi connectivity index (χ1n) is 9.90. The third-order valence-electron chi connectivity index (χ3n) is 4.83. The summed E-state index contributed by atoms with van der Waals surface area (Å²) in [4.78, 5) is 12.3. The van der Waals surface area contributed by atoms with Crippen LogP contribution in [0.4, 0.5) is 14.5 Å². The smallest absolute Gasteiger partial charge is 0.269 e. The van der Waals surface area contributed by atoms with Crippen molar-refractivity contribution in [3.05, 3.63) is 88.2 Å². The van der Waals surface area contributed by atoms with Gasteiger partial charge in [-0.3, -0.25) is 4.79 Å². The first-order chi connectivity index (χ1) is 16.2. The normalized spacial score (nSPS) is 11.3. The van der Waals surface area contributed by atoms with Crippen LogP contribution in [-0.4, -0.2) is 18.1 Å². The van der Waals surface area contributed by atoms with Crippen LogP contribution in [0.25, 0.3) is 11.1 Å². The molecule has 0 fully saturated rings. The van der Waals surface area contributed by atoms with E-state index in [9.17, 15) is 18.7 Å². The molecule has 0 radical (unpaired) electrons. The third kappa shape index (κ3) is 5.45. The lowest BCUT2D eigenvalue weighted by Crippen LogP contribution is -2.16. The van der Waals surface area contributed by atoms with Crippen molar-refractivity contribution < 1.29 is 28.2 Å². The van der Waals surface area contributed by atoms with Crippen LogP contribution in [-0.2, 0) is 11.4 Å². The molecule has 0 bridgehead atoms. The van der Waals surface area contributed by atoms with Crippen LogP contribution in [0.15, 0.2) is 65.9 Å². The number of carbonyl (C=O) groups excluding carboxylic acids is 1. The average molecular weight is 485 g/mol. The summed E-state index contributed by atoms with van der Waals surface area (Å²) in [6.07, 6.45) is 0. The van der Waals surface area contributed by atoms with Crippen molar-refractivity contribution in [3.63, 3.8) is 0 Å². The third-order valence-corrected chi connectivity index (χ3v) is 5.19.